The molecule has 0 saturated heterocycles. The Morgan fingerprint density at radius 2 is 1.90 bits per heavy atom. The zero-order valence-electron chi connectivity index (χ0n) is 13.1. The van der Waals surface area contributed by atoms with Gasteiger partial charge in [0.25, 0.3) is 0 Å². The summed E-state index contributed by atoms with van der Waals surface area (Å²) in [6.45, 7) is 3.28. The van der Waals surface area contributed by atoms with E-state index in [9.17, 15) is 0 Å². The molecular weight excluding hydrogens is 258 g/mol. The molecule has 0 heterocycles. The minimum Gasteiger partial charge on any atom is -0.490 e. The summed E-state index contributed by atoms with van der Waals surface area (Å²) in [6.07, 6.45) is 8.80. The normalized spacial score (nSPS) is 32.3. The molecule has 2 heteroatoms. The molecule has 4 unspecified atom stereocenters. The van der Waals surface area contributed by atoms with Crippen molar-refractivity contribution in [3.8, 4) is 5.75 Å². The predicted molar refractivity (Wildman–Crippen MR) is 85.4 cm³/mol. The molecule has 2 nitrogen and oxygen atoms in total. The fourth-order valence-corrected chi connectivity index (χ4v) is 4.57. The highest BCUT2D eigenvalue weighted by Crippen LogP contribution is 2.52. The molecule has 21 heavy (non-hydrogen) atoms. The van der Waals surface area contributed by atoms with Crippen molar-refractivity contribution in [2.45, 2.75) is 57.6 Å². The minimum absolute atomic E-state index is 0.492. The molecule has 0 aliphatic heterocycles. The van der Waals surface area contributed by atoms with Crippen LogP contribution in [0.15, 0.2) is 24.3 Å². The van der Waals surface area contributed by atoms with Gasteiger partial charge in [-0.1, -0.05) is 25.5 Å². The first-order valence-electron chi connectivity index (χ1n) is 8.83. The molecule has 4 rings (SSSR count). The predicted octanol–water partition coefficient (Wildman–Crippen LogP) is 4.31. The number of hydrogen-bond acceptors (Lipinski definition) is 2. The fraction of sp³-hybridized carbons (Fsp3) is 0.684. The van der Waals surface area contributed by atoms with Crippen molar-refractivity contribution in [2.75, 3.05) is 6.54 Å². The number of nitrogens with one attached hydrogen (secondary N) is 1. The van der Waals surface area contributed by atoms with Gasteiger partial charge in [0.2, 0.25) is 0 Å². The lowest BCUT2D eigenvalue weighted by Crippen LogP contribution is -2.31. The van der Waals surface area contributed by atoms with Gasteiger partial charge in [0, 0.05) is 6.04 Å². The first-order valence-corrected chi connectivity index (χ1v) is 8.83. The molecular formula is C19H27NO. The van der Waals surface area contributed by atoms with Gasteiger partial charge in [-0.2, -0.15) is 0 Å². The Bertz CT molecular complexity index is 479. The van der Waals surface area contributed by atoms with Crippen molar-refractivity contribution in [2.24, 2.45) is 17.8 Å². The molecule has 3 aliphatic rings. The molecule has 0 radical (unpaired) electrons. The molecule has 0 amide bonds. The Labute approximate surface area is 128 Å². The molecule has 3 aliphatic carbocycles. The SMILES string of the molecule is CCNC(c1ccc(OC2CC2)cc1)C1CC2CCC1C2. The summed E-state index contributed by atoms with van der Waals surface area (Å²) in [5, 5.41) is 3.76. The Hall–Kier alpha value is -1.02. The molecule has 0 spiro atoms. The maximum absolute atomic E-state index is 5.87. The molecule has 3 fully saturated rings. The van der Waals surface area contributed by atoms with Crippen molar-refractivity contribution in [1.82, 2.24) is 5.32 Å². The van der Waals surface area contributed by atoms with Gasteiger partial charge in [-0.15, -0.1) is 0 Å². The van der Waals surface area contributed by atoms with Crippen molar-refractivity contribution in [3.05, 3.63) is 29.8 Å². The topological polar surface area (TPSA) is 21.3 Å². The quantitative estimate of drug-likeness (QED) is 0.840. The van der Waals surface area contributed by atoms with E-state index in [1.54, 1.807) is 0 Å². The molecule has 2 bridgehead atoms. The highest BCUT2D eigenvalue weighted by Gasteiger charge is 2.43. The first kappa shape index (κ1) is 13.6. The number of rotatable bonds is 6. The van der Waals surface area contributed by atoms with Crippen molar-refractivity contribution >= 4 is 0 Å². The van der Waals surface area contributed by atoms with Gasteiger partial charge in [-0.3, -0.25) is 0 Å². The smallest absolute Gasteiger partial charge is 0.119 e. The summed E-state index contributed by atoms with van der Waals surface area (Å²) >= 11 is 0. The molecule has 0 aromatic heterocycles. The van der Waals surface area contributed by atoms with Crippen LogP contribution < -0.4 is 10.1 Å². The van der Waals surface area contributed by atoms with E-state index in [-0.39, 0.29) is 0 Å². The molecule has 4 atom stereocenters. The van der Waals surface area contributed by atoms with Gasteiger partial charge in [-0.05, 0) is 74.1 Å². The summed E-state index contributed by atoms with van der Waals surface area (Å²) in [5.41, 5.74) is 1.46. The average Bonchev–Trinajstić information content (AvgIpc) is 3.08. The molecule has 1 aromatic rings. The third-order valence-corrected chi connectivity index (χ3v) is 5.71. The van der Waals surface area contributed by atoms with Crippen LogP contribution in [-0.4, -0.2) is 12.6 Å². The summed E-state index contributed by atoms with van der Waals surface area (Å²) in [7, 11) is 0. The number of hydrogen-bond donors (Lipinski definition) is 1. The summed E-state index contributed by atoms with van der Waals surface area (Å²) in [6, 6.07) is 9.46. The zero-order valence-corrected chi connectivity index (χ0v) is 13.1. The second-order valence-corrected chi connectivity index (χ2v) is 7.26. The van der Waals surface area contributed by atoms with E-state index in [2.05, 4.69) is 36.5 Å². The van der Waals surface area contributed by atoms with Gasteiger partial charge in [0.15, 0.2) is 0 Å². The van der Waals surface area contributed by atoms with Crippen LogP contribution in [0.3, 0.4) is 0 Å². The molecule has 1 aromatic carbocycles. The Morgan fingerprint density at radius 1 is 1.10 bits per heavy atom. The van der Waals surface area contributed by atoms with E-state index >= 15 is 0 Å². The van der Waals surface area contributed by atoms with Crippen LogP contribution in [-0.2, 0) is 0 Å². The third kappa shape index (κ3) is 2.83. The van der Waals surface area contributed by atoms with Crippen molar-refractivity contribution in [1.29, 1.82) is 0 Å². The third-order valence-electron chi connectivity index (χ3n) is 5.71. The van der Waals surface area contributed by atoms with E-state index in [0.29, 0.717) is 12.1 Å². The van der Waals surface area contributed by atoms with E-state index in [1.807, 2.05) is 0 Å². The van der Waals surface area contributed by atoms with Crippen LogP contribution in [0.4, 0.5) is 0 Å². The van der Waals surface area contributed by atoms with E-state index < -0.39 is 0 Å². The minimum atomic E-state index is 0.492. The van der Waals surface area contributed by atoms with Crippen molar-refractivity contribution in [3.63, 3.8) is 0 Å². The number of benzene rings is 1. The Balaban J connectivity index is 1.49. The first-order chi connectivity index (χ1) is 10.3. The largest absolute Gasteiger partial charge is 0.490 e. The highest BCUT2D eigenvalue weighted by atomic mass is 16.5. The van der Waals surface area contributed by atoms with E-state index in [4.69, 9.17) is 4.74 Å². The molecule has 3 saturated carbocycles. The monoisotopic (exact) mass is 285 g/mol. The molecule has 1 N–H and O–H groups in total. The van der Waals surface area contributed by atoms with Crippen LogP contribution in [0.2, 0.25) is 0 Å². The zero-order chi connectivity index (χ0) is 14.2. The van der Waals surface area contributed by atoms with Crippen LogP contribution in [0, 0.1) is 17.8 Å². The standard InChI is InChI=1S/C19H27NO/c1-2-20-19(18-12-13-3-4-15(18)11-13)14-5-7-16(8-6-14)21-17-9-10-17/h5-8,13,15,17-20H,2-4,9-12H2,1H3. The van der Waals surface area contributed by atoms with Crippen LogP contribution in [0.1, 0.15) is 57.1 Å². The van der Waals surface area contributed by atoms with Gasteiger partial charge in [0.05, 0.1) is 6.10 Å². The lowest BCUT2D eigenvalue weighted by atomic mass is 9.80. The van der Waals surface area contributed by atoms with Crippen LogP contribution in [0.5, 0.6) is 5.75 Å². The highest BCUT2D eigenvalue weighted by molar-refractivity contribution is 5.30. The Morgan fingerprint density at radius 3 is 2.48 bits per heavy atom. The van der Waals surface area contributed by atoms with Crippen LogP contribution in [0.25, 0.3) is 0 Å². The van der Waals surface area contributed by atoms with E-state index in [0.717, 1.165) is 30.0 Å². The van der Waals surface area contributed by atoms with E-state index in [1.165, 1.54) is 44.1 Å². The van der Waals surface area contributed by atoms with Gasteiger partial charge in [-0.25, -0.2) is 0 Å². The molecule has 114 valence electrons. The number of fused-ring (bicyclic) bond motifs is 2. The number of ether oxygens (including phenoxy) is 1. The van der Waals surface area contributed by atoms with Gasteiger partial charge < -0.3 is 10.1 Å². The van der Waals surface area contributed by atoms with Gasteiger partial charge in [0.1, 0.15) is 5.75 Å². The fourth-order valence-electron chi connectivity index (χ4n) is 4.57. The maximum Gasteiger partial charge on any atom is 0.119 e. The lowest BCUT2D eigenvalue weighted by molar-refractivity contribution is 0.252. The summed E-state index contributed by atoms with van der Waals surface area (Å²) < 4.78 is 5.87. The average molecular weight is 285 g/mol. The maximum atomic E-state index is 5.87. The lowest BCUT2D eigenvalue weighted by Gasteiger charge is -2.31. The van der Waals surface area contributed by atoms with Gasteiger partial charge >= 0.3 is 0 Å². The van der Waals surface area contributed by atoms with Crippen molar-refractivity contribution < 1.29 is 4.74 Å². The second-order valence-electron chi connectivity index (χ2n) is 7.26. The second kappa shape index (κ2) is 5.64. The Kier molecular flexibility index (Phi) is 3.66. The van der Waals surface area contributed by atoms with Crippen LogP contribution >= 0.6 is 0 Å². The summed E-state index contributed by atoms with van der Waals surface area (Å²) in [5.74, 6) is 3.86. The summed E-state index contributed by atoms with van der Waals surface area (Å²) in [4.78, 5) is 0.